The fourth-order valence-corrected chi connectivity index (χ4v) is 8.28. The van der Waals surface area contributed by atoms with Gasteiger partial charge in [0, 0.05) is 100 Å². The first kappa shape index (κ1) is 37.0. The summed E-state index contributed by atoms with van der Waals surface area (Å²) in [6, 6.07) is 19.9. The van der Waals surface area contributed by atoms with Crippen LogP contribution < -0.4 is 24.7 Å². The van der Waals surface area contributed by atoms with E-state index in [1.807, 2.05) is 28.0 Å². The van der Waals surface area contributed by atoms with Crippen molar-refractivity contribution >= 4 is 50.4 Å². The van der Waals surface area contributed by atoms with Crippen molar-refractivity contribution in [3.8, 4) is 11.5 Å². The molecular weight excluding hydrogens is 739 g/mol. The van der Waals surface area contributed by atoms with Crippen molar-refractivity contribution < 1.29 is 32.7 Å². The van der Waals surface area contributed by atoms with Crippen LogP contribution in [0.25, 0.3) is 0 Å². The first-order valence-electron chi connectivity index (χ1n) is 17.2. The van der Waals surface area contributed by atoms with Crippen molar-refractivity contribution in [1.82, 2.24) is 9.21 Å². The van der Waals surface area contributed by atoms with Gasteiger partial charge in [-0.25, -0.2) is 8.42 Å². The van der Waals surface area contributed by atoms with Gasteiger partial charge in [0.15, 0.2) is 11.5 Å². The summed E-state index contributed by atoms with van der Waals surface area (Å²) < 4.78 is 39.8. The number of ether oxygens (including phenoxy) is 2. The molecule has 0 bridgehead atoms. The lowest BCUT2D eigenvalue weighted by Crippen LogP contribution is -2.48. The lowest BCUT2D eigenvalue weighted by molar-refractivity contribution is -0.385. The van der Waals surface area contributed by atoms with E-state index in [1.54, 1.807) is 24.3 Å². The quantitative estimate of drug-likeness (QED) is 0.120. The molecule has 0 saturated carbocycles. The fourth-order valence-electron chi connectivity index (χ4n) is 6.70. The molecule has 0 aliphatic carbocycles. The molecule has 0 aromatic heterocycles. The topological polar surface area (TPSA) is 219 Å². The Morgan fingerprint density at radius 1 is 0.709 bits per heavy atom. The Kier molecular flexibility index (Phi) is 10.4. The van der Waals surface area contributed by atoms with Gasteiger partial charge in [-0.05, 0) is 42.0 Å². The summed E-state index contributed by atoms with van der Waals surface area (Å²) >= 11 is 0. The highest BCUT2D eigenvalue weighted by atomic mass is 32.2. The average molecular weight is 774 g/mol. The van der Waals surface area contributed by atoms with E-state index in [2.05, 4.69) is 15.4 Å². The van der Waals surface area contributed by atoms with Crippen molar-refractivity contribution in [2.75, 3.05) is 74.4 Å². The zero-order valence-electron chi connectivity index (χ0n) is 29.2. The number of rotatable bonds is 12. The SMILES string of the molecule is O=[N+]([O-])c1ccc(N2CCN(S(=O)(=O)c3cc([N+](=O)[O-])ccc3N/N=C\c3ccc(N4CCN(Cc5ccc6c(c5)OCO6)CC4)c([N+](=O)[O-])c3)CC2)cc1. The molecule has 3 aliphatic rings. The van der Waals surface area contributed by atoms with Gasteiger partial charge in [0.2, 0.25) is 16.8 Å². The van der Waals surface area contributed by atoms with Gasteiger partial charge in [-0.3, -0.25) is 40.7 Å². The number of nitro groups is 3. The Morgan fingerprint density at radius 3 is 2.07 bits per heavy atom. The molecule has 4 aromatic rings. The number of hydrogen-bond donors (Lipinski definition) is 1. The van der Waals surface area contributed by atoms with Crippen LogP contribution in [0.2, 0.25) is 0 Å². The van der Waals surface area contributed by atoms with Gasteiger partial charge in [-0.1, -0.05) is 12.1 Å². The molecule has 20 heteroatoms. The first-order chi connectivity index (χ1) is 26.5. The van der Waals surface area contributed by atoms with E-state index >= 15 is 0 Å². The molecule has 7 rings (SSSR count). The monoisotopic (exact) mass is 773 g/mol. The molecule has 4 aromatic carbocycles. The van der Waals surface area contributed by atoms with Gasteiger partial charge in [-0.15, -0.1) is 0 Å². The molecule has 0 atom stereocenters. The molecule has 0 spiro atoms. The molecule has 1 N–H and O–H groups in total. The van der Waals surface area contributed by atoms with E-state index in [4.69, 9.17) is 9.47 Å². The predicted molar refractivity (Wildman–Crippen MR) is 202 cm³/mol. The minimum absolute atomic E-state index is 0.0237. The number of hydrazone groups is 1. The minimum Gasteiger partial charge on any atom is -0.454 e. The van der Waals surface area contributed by atoms with Gasteiger partial charge < -0.3 is 19.3 Å². The smallest absolute Gasteiger partial charge is 0.293 e. The molecule has 0 radical (unpaired) electrons. The number of nitrogens with zero attached hydrogens (tertiary/aromatic N) is 8. The van der Waals surface area contributed by atoms with E-state index < -0.39 is 30.5 Å². The van der Waals surface area contributed by atoms with E-state index in [9.17, 15) is 38.8 Å². The van der Waals surface area contributed by atoms with Crippen LogP contribution in [-0.2, 0) is 16.6 Å². The van der Waals surface area contributed by atoms with Crippen molar-refractivity contribution in [3.63, 3.8) is 0 Å². The van der Waals surface area contributed by atoms with Gasteiger partial charge >= 0.3 is 0 Å². The zero-order valence-corrected chi connectivity index (χ0v) is 30.0. The minimum atomic E-state index is -4.26. The number of anilines is 3. The van der Waals surface area contributed by atoms with Gasteiger partial charge in [0.1, 0.15) is 10.6 Å². The molecule has 3 heterocycles. The molecule has 3 aliphatic heterocycles. The van der Waals surface area contributed by atoms with E-state index in [1.165, 1.54) is 34.8 Å². The summed E-state index contributed by atoms with van der Waals surface area (Å²) in [4.78, 5) is 38.9. The van der Waals surface area contributed by atoms with Crippen molar-refractivity contribution in [2.24, 2.45) is 5.10 Å². The third kappa shape index (κ3) is 8.10. The molecule has 55 heavy (non-hydrogen) atoms. The van der Waals surface area contributed by atoms with Gasteiger partial charge in [-0.2, -0.15) is 9.41 Å². The summed E-state index contributed by atoms with van der Waals surface area (Å²) in [5.41, 5.74) is 4.65. The summed E-state index contributed by atoms with van der Waals surface area (Å²) in [7, 11) is -4.26. The lowest BCUT2D eigenvalue weighted by atomic mass is 10.1. The number of nitro benzene ring substituents is 3. The number of piperazine rings is 2. The second-order valence-electron chi connectivity index (χ2n) is 12.9. The van der Waals surface area contributed by atoms with Gasteiger partial charge in [0.25, 0.3) is 17.1 Å². The largest absolute Gasteiger partial charge is 0.454 e. The fraction of sp³-hybridized carbons (Fsp3) is 0.286. The molecule has 19 nitrogen and oxygen atoms in total. The van der Waals surface area contributed by atoms with Crippen LogP contribution in [0.15, 0.2) is 88.9 Å². The summed E-state index contributed by atoms with van der Waals surface area (Å²) in [6.45, 7) is 4.09. The average Bonchev–Trinajstić information content (AvgIpc) is 3.66. The number of nitrogens with one attached hydrogen (secondary N) is 1. The highest BCUT2D eigenvalue weighted by molar-refractivity contribution is 7.89. The molecular formula is C35H35N9O10S. The highest BCUT2D eigenvalue weighted by Gasteiger charge is 2.32. The van der Waals surface area contributed by atoms with Crippen LogP contribution in [0.3, 0.4) is 0 Å². The maximum Gasteiger partial charge on any atom is 0.293 e. The zero-order chi connectivity index (χ0) is 38.7. The Hall–Kier alpha value is -6.38. The lowest BCUT2D eigenvalue weighted by Gasteiger charge is -2.35. The number of sulfonamides is 1. The third-order valence-corrected chi connectivity index (χ3v) is 11.5. The maximum atomic E-state index is 13.9. The van der Waals surface area contributed by atoms with E-state index in [0.717, 1.165) is 29.2 Å². The van der Waals surface area contributed by atoms with Crippen molar-refractivity contribution in [3.05, 3.63) is 120 Å². The van der Waals surface area contributed by atoms with Crippen LogP contribution in [-0.4, -0.2) is 97.8 Å². The van der Waals surface area contributed by atoms with Crippen LogP contribution in [0.5, 0.6) is 11.5 Å². The first-order valence-corrected chi connectivity index (χ1v) is 18.6. The Morgan fingerprint density at radius 2 is 1.38 bits per heavy atom. The van der Waals surface area contributed by atoms with Crippen LogP contribution in [0.1, 0.15) is 11.1 Å². The number of hydrogen-bond acceptors (Lipinski definition) is 15. The summed E-state index contributed by atoms with van der Waals surface area (Å²) in [6.07, 6.45) is 1.31. The van der Waals surface area contributed by atoms with Gasteiger partial charge in [0.05, 0.1) is 26.7 Å². The van der Waals surface area contributed by atoms with E-state index in [-0.39, 0.29) is 54.9 Å². The highest BCUT2D eigenvalue weighted by Crippen LogP contribution is 2.34. The predicted octanol–water partition coefficient (Wildman–Crippen LogP) is 4.42. The molecule has 286 valence electrons. The summed E-state index contributed by atoms with van der Waals surface area (Å²) in [5.74, 6) is 1.44. The normalized spacial score (nSPS) is 16.4. The van der Waals surface area contributed by atoms with Crippen molar-refractivity contribution in [2.45, 2.75) is 11.4 Å². The van der Waals surface area contributed by atoms with Crippen LogP contribution >= 0.6 is 0 Å². The van der Waals surface area contributed by atoms with E-state index in [0.29, 0.717) is 49.7 Å². The number of benzene rings is 4. The molecule has 0 unspecified atom stereocenters. The second kappa shape index (κ2) is 15.5. The van der Waals surface area contributed by atoms with Crippen molar-refractivity contribution in [1.29, 1.82) is 0 Å². The molecule has 0 amide bonds. The number of fused-ring (bicyclic) bond motifs is 1. The van der Waals surface area contributed by atoms with Crippen LogP contribution in [0.4, 0.5) is 34.1 Å². The Labute approximate surface area is 314 Å². The van der Waals surface area contributed by atoms with Crippen LogP contribution in [0, 0.1) is 30.3 Å². The summed E-state index contributed by atoms with van der Waals surface area (Å²) in [5, 5.41) is 38.9. The molecule has 2 saturated heterocycles. The Bertz CT molecular complexity index is 2260. The maximum absolute atomic E-state index is 13.9. The Balaban J connectivity index is 1.01. The third-order valence-electron chi connectivity index (χ3n) is 9.61. The number of non-ortho nitro benzene ring substituents is 2. The standard InChI is InChI=1S/C35H35N9O10S/c45-42(46)28-5-3-27(4-6-28)39-15-17-41(18-16-39)55(51,52)35-21-29(43(47)48)7-8-30(35)37-36-22-25-1-9-31(32(19-25)44(49)50)40-13-11-38(12-14-40)23-26-2-10-33-34(20-26)54-24-53-33/h1-10,19-22,37H,11-18,23-24H2/b36-22-. The second-order valence-corrected chi connectivity index (χ2v) is 14.8. The molecule has 2 fully saturated rings.